The smallest absolute Gasteiger partial charge is 0.192 e. The summed E-state index contributed by atoms with van der Waals surface area (Å²) < 4.78 is 2.57. The van der Waals surface area contributed by atoms with E-state index in [1.165, 1.54) is 0 Å². The Labute approximate surface area is 120 Å². The Morgan fingerprint density at radius 2 is 2.05 bits per heavy atom. The van der Waals surface area contributed by atoms with E-state index in [0.29, 0.717) is 12.2 Å². The summed E-state index contributed by atoms with van der Waals surface area (Å²) in [7, 11) is 0. The Bertz CT molecular complexity index is 614. The van der Waals surface area contributed by atoms with E-state index in [4.69, 9.17) is 0 Å². The van der Waals surface area contributed by atoms with Gasteiger partial charge in [-0.05, 0) is 41.3 Å². The molecule has 0 saturated heterocycles. The van der Waals surface area contributed by atoms with Crippen molar-refractivity contribution in [3.8, 4) is 0 Å². The molecule has 98 valence electrons. The third-order valence-electron chi connectivity index (χ3n) is 3.82. The summed E-state index contributed by atoms with van der Waals surface area (Å²) in [6.45, 7) is 2.70. The van der Waals surface area contributed by atoms with Gasteiger partial charge in [0.25, 0.3) is 0 Å². The highest BCUT2D eigenvalue weighted by Crippen LogP contribution is 2.51. The minimum Gasteiger partial charge on any atom is -0.291 e. The molecule has 3 nitrogen and oxygen atoms in total. The molecule has 1 aliphatic rings. The van der Waals surface area contributed by atoms with Gasteiger partial charge in [-0.15, -0.1) is 0 Å². The van der Waals surface area contributed by atoms with E-state index < -0.39 is 0 Å². The van der Waals surface area contributed by atoms with Crippen molar-refractivity contribution in [1.29, 1.82) is 0 Å². The fourth-order valence-electron chi connectivity index (χ4n) is 2.58. The number of rotatable bonds is 4. The molecule has 1 aromatic heterocycles. The molecule has 0 spiro atoms. The van der Waals surface area contributed by atoms with Crippen LogP contribution in [0.15, 0.2) is 41.0 Å². The Morgan fingerprint density at radius 3 is 2.63 bits per heavy atom. The van der Waals surface area contributed by atoms with E-state index in [0.717, 1.165) is 22.9 Å². The van der Waals surface area contributed by atoms with E-state index in [-0.39, 0.29) is 11.2 Å². The van der Waals surface area contributed by atoms with Crippen LogP contribution in [0.25, 0.3) is 0 Å². The first-order valence-corrected chi connectivity index (χ1v) is 7.30. The quantitative estimate of drug-likeness (QED) is 0.808. The standard InChI is InChI=1S/C15H15BrN2O/c1-2-18-13(12(16)10-17-18)14(19)15(8-9-15)11-6-4-3-5-7-11/h3-7,10H,2,8-9H2,1H3. The average Bonchev–Trinajstić information content (AvgIpc) is 3.18. The van der Waals surface area contributed by atoms with E-state index >= 15 is 0 Å². The van der Waals surface area contributed by atoms with Crippen molar-refractivity contribution in [3.63, 3.8) is 0 Å². The molecular weight excluding hydrogens is 304 g/mol. The first-order chi connectivity index (χ1) is 9.19. The lowest BCUT2D eigenvalue weighted by Crippen LogP contribution is -2.24. The summed E-state index contributed by atoms with van der Waals surface area (Å²) >= 11 is 3.45. The molecule has 0 aliphatic heterocycles. The molecular formula is C15H15BrN2O. The van der Waals surface area contributed by atoms with Gasteiger partial charge in [-0.25, -0.2) is 0 Å². The van der Waals surface area contributed by atoms with Gasteiger partial charge < -0.3 is 0 Å². The van der Waals surface area contributed by atoms with Crippen molar-refractivity contribution in [2.24, 2.45) is 0 Å². The number of nitrogens with zero attached hydrogens (tertiary/aromatic N) is 2. The normalized spacial score (nSPS) is 16.3. The van der Waals surface area contributed by atoms with Crippen LogP contribution in [0.2, 0.25) is 0 Å². The molecule has 4 heteroatoms. The highest BCUT2D eigenvalue weighted by Gasteiger charge is 2.52. The van der Waals surface area contributed by atoms with Crippen molar-refractivity contribution in [1.82, 2.24) is 9.78 Å². The second-order valence-corrected chi connectivity index (χ2v) is 5.79. The third kappa shape index (κ3) is 1.94. The molecule has 0 radical (unpaired) electrons. The van der Waals surface area contributed by atoms with Crippen LogP contribution < -0.4 is 0 Å². The van der Waals surface area contributed by atoms with Crippen LogP contribution in [0.5, 0.6) is 0 Å². The lowest BCUT2D eigenvalue weighted by molar-refractivity contribution is 0.0934. The van der Waals surface area contributed by atoms with Gasteiger partial charge in [0.15, 0.2) is 5.78 Å². The monoisotopic (exact) mass is 318 g/mol. The number of benzene rings is 1. The van der Waals surface area contributed by atoms with Gasteiger partial charge in [0.05, 0.1) is 16.1 Å². The van der Waals surface area contributed by atoms with Crippen LogP contribution in [0.4, 0.5) is 0 Å². The maximum absolute atomic E-state index is 12.9. The van der Waals surface area contributed by atoms with Crippen molar-refractivity contribution < 1.29 is 4.79 Å². The number of Topliss-reactive ketones (excluding diaryl/α,β-unsaturated/α-hetero) is 1. The lowest BCUT2D eigenvalue weighted by atomic mass is 9.89. The number of hydrogen-bond acceptors (Lipinski definition) is 2. The summed E-state index contributed by atoms with van der Waals surface area (Å²) in [6.07, 6.45) is 3.56. The summed E-state index contributed by atoms with van der Waals surface area (Å²) in [5.41, 5.74) is 1.50. The molecule has 1 saturated carbocycles. The molecule has 0 bridgehead atoms. The number of carbonyl (C=O) groups is 1. The Balaban J connectivity index is 2.03. The lowest BCUT2D eigenvalue weighted by Gasteiger charge is -2.15. The molecule has 1 fully saturated rings. The van der Waals surface area contributed by atoms with Crippen molar-refractivity contribution >= 4 is 21.7 Å². The van der Waals surface area contributed by atoms with Gasteiger partial charge >= 0.3 is 0 Å². The highest BCUT2D eigenvalue weighted by molar-refractivity contribution is 9.10. The minimum atomic E-state index is -0.323. The van der Waals surface area contributed by atoms with Gasteiger partial charge in [0.1, 0.15) is 5.69 Å². The molecule has 2 aromatic rings. The number of hydrogen-bond donors (Lipinski definition) is 0. The molecule has 0 amide bonds. The highest BCUT2D eigenvalue weighted by atomic mass is 79.9. The Kier molecular flexibility index (Phi) is 3.05. The zero-order valence-electron chi connectivity index (χ0n) is 10.8. The van der Waals surface area contributed by atoms with Gasteiger partial charge in [-0.1, -0.05) is 30.3 Å². The molecule has 19 heavy (non-hydrogen) atoms. The summed E-state index contributed by atoms with van der Waals surface area (Å²) in [5.74, 6) is 0.185. The third-order valence-corrected chi connectivity index (χ3v) is 4.40. The van der Waals surface area contributed by atoms with Crippen molar-refractivity contribution in [2.45, 2.75) is 31.7 Å². The maximum Gasteiger partial charge on any atom is 0.192 e. The zero-order valence-corrected chi connectivity index (χ0v) is 12.4. The Hall–Kier alpha value is -1.42. The van der Waals surface area contributed by atoms with Crippen LogP contribution in [0.3, 0.4) is 0 Å². The van der Waals surface area contributed by atoms with E-state index in [2.05, 4.69) is 21.0 Å². The van der Waals surface area contributed by atoms with Gasteiger partial charge in [-0.2, -0.15) is 5.10 Å². The number of carbonyl (C=O) groups excluding carboxylic acids is 1. The predicted molar refractivity (Wildman–Crippen MR) is 77.3 cm³/mol. The number of halogens is 1. The number of aromatic nitrogens is 2. The van der Waals surface area contributed by atoms with Crippen molar-refractivity contribution in [3.05, 3.63) is 52.3 Å². The van der Waals surface area contributed by atoms with Crippen molar-refractivity contribution in [2.75, 3.05) is 0 Å². The first-order valence-electron chi connectivity index (χ1n) is 6.50. The predicted octanol–water partition coefficient (Wildman–Crippen LogP) is 3.58. The molecule has 1 aromatic carbocycles. The number of aryl methyl sites for hydroxylation is 1. The molecule has 0 N–H and O–H groups in total. The topological polar surface area (TPSA) is 34.9 Å². The average molecular weight is 319 g/mol. The fraction of sp³-hybridized carbons (Fsp3) is 0.333. The van der Waals surface area contributed by atoms with Crippen LogP contribution >= 0.6 is 15.9 Å². The van der Waals surface area contributed by atoms with Crippen LogP contribution in [-0.2, 0) is 12.0 Å². The SMILES string of the molecule is CCn1ncc(Br)c1C(=O)C1(c2ccccc2)CC1. The summed E-state index contributed by atoms with van der Waals surface area (Å²) in [5, 5.41) is 4.24. The molecule has 3 rings (SSSR count). The Morgan fingerprint density at radius 1 is 1.37 bits per heavy atom. The van der Waals surface area contributed by atoms with E-state index in [1.54, 1.807) is 10.9 Å². The first kappa shape index (κ1) is 12.6. The largest absolute Gasteiger partial charge is 0.291 e. The number of ketones is 1. The van der Waals surface area contributed by atoms with E-state index in [1.807, 2.05) is 37.3 Å². The summed E-state index contributed by atoms with van der Waals surface area (Å²) in [6, 6.07) is 10.1. The van der Waals surface area contributed by atoms with Gasteiger partial charge in [0, 0.05) is 6.54 Å². The molecule has 1 heterocycles. The van der Waals surface area contributed by atoms with Gasteiger partial charge in [-0.3, -0.25) is 9.48 Å². The second kappa shape index (κ2) is 4.60. The van der Waals surface area contributed by atoms with Crippen LogP contribution in [-0.4, -0.2) is 15.6 Å². The summed E-state index contributed by atoms with van der Waals surface area (Å²) in [4.78, 5) is 12.9. The minimum absolute atomic E-state index is 0.185. The van der Waals surface area contributed by atoms with Crippen LogP contribution in [0, 0.1) is 0 Å². The zero-order chi connectivity index (χ0) is 13.5. The second-order valence-electron chi connectivity index (χ2n) is 4.93. The van der Waals surface area contributed by atoms with Gasteiger partial charge in [0.2, 0.25) is 0 Å². The fourth-order valence-corrected chi connectivity index (χ4v) is 3.06. The molecule has 1 aliphatic carbocycles. The maximum atomic E-state index is 12.9. The molecule has 0 atom stereocenters. The van der Waals surface area contributed by atoms with Crippen LogP contribution in [0.1, 0.15) is 35.8 Å². The molecule has 0 unspecified atom stereocenters. The van der Waals surface area contributed by atoms with E-state index in [9.17, 15) is 4.79 Å².